The highest BCUT2D eigenvalue weighted by Crippen LogP contribution is 2.19. The Morgan fingerprint density at radius 3 is 2.33 bits per heavy atom. The summed E-state index contributed by atoms with van der Waals surface area (Å²) < 4.78 is 10.4. The van der Waals surface area contributed by atoms with Crippen molar-refractivity contribution in [2.45, 2.75) is 83.9 Å². The van der Waals surface area contributed by atoms with Crippen molar-refractivity contribution >= 4 is 11.9 Å². The third-order valence-electron chi connectivity index (χ3n) is 3.41. The Morgan fingerprint density at radius 2 is 1.81 bits per heavy atom. The molecule has 1 fully saturated rings. The van der Waals surface area contributed by atoms with Crippen molar-refractivity contribution < 1.29 is 19.1 Å². The molecule has 1 aliphatic carbocycles. The molecule has 0 aromatic heterocycles. The summed E-state index contributed by atoms with van der Waals surface area (Å²) in [6.07, 6.45) is 5.69. The van der Waals surface area contributed by atoms with Gasteiger partial charge in [0, 0.05) is 6.04 Å². The molecule has 21 heavy (non-hydrogen) atoms. The first-order chi connectivity index (χ1) is 9.81. The van der Waals surface area contributed by atoms with Crippen molar-refractivity contribution in [2.75, 3.05) is 6.61 Å². The number of hydrogen-bond donors (Lipinski definition) is 1. The van der Waals surface area contributed by atoms with E-state index < -0.39 is 11.6 Å². The van der Waals surface area contributed by atoms with Crippen LogP contribution < -0.4 is 5.32 Å². The average molecular weight is 299 g/mol. The summed E-state index contributed by atoms with van der Waals surface area (Å²) in [4.78, 5) is 24.0. The Hall–Kier alpha value is -1.10. The summed E-state index contributed by atoms with van der Waals surface area (Å²) in [5.74, 6) is -0.738. The summed E-state index contributed by atoms with van der Waals surface area (Å²) in [6, 6.07) is -0.336. The maximum Gasteiger partial charge on any atom is 0.324 e. The van der Waals surface area contributed by atoms with Crippen molar-refractivity contribution in [3.63, 3.8) is 0 Å². The highest BCUT2D eigenvalue weighted by molar-refractivity contribution is 5.83. The standard InChI is InChI=1S/C16H29NO4/c1-5-20-14(18)11-13(15(19)21-16(2,3)4)17-12-9-7-6-8-10-12/h12-13,17H,5-11H2,1-4H3. The summed E-state index contributed by atoms with van der Waals surface area (Å²) in [5.41, 5.74) is -0.557. The summed E-state index contributed by atoms with van der Waals surface area (Å²) in [6.45, 7) is 7.56. The normalized spacial score (nSPS) is 18.1. The van der Waals surface area contributed by atoms with Gasteiger partial charge in [-0.3, -0.25) is 9.59 Å². The lowest BCUT2D eigenvalue weighted by Gasteiger charge is -2.29. The van der Waals surface area contributed by atoms with Gasteiger partial charge in [-0.15, -0.1) is 0 Å². The first kappa shape index (κ1) is 18.0. The number of ether oxygens (including phenoxy) is 2. The maximum absolute atomic E-state index is 12.3. The second kappa shape index (κ2) is 8.37. The fourth-order valence-electron chi connectivity index (χ4n) is 2.52. The Balaban J connectivity index is 2.63. The van der Waals surface area contributed by atoms with Gasteiger partial charge in [0.25, 0.3) is 0 Å². The van der Waals surface area contributed by atoms with Gasteiger partial charge < -0.3 is 14.8 Å². The number of hydrogen-bond acceptors (Lipinski definition) is 5. The fourth-order valence-corrected chi connectivity index (χ4v) is 2.52. The number of carbonyl (C=O) groups is 2. The highest BCUT2D eigenvalue weighted by Gasteiger charge is 2.30. The smallest absolute Gasteiger partial charge is 0.324 e. The molecule has 0 bridgehead atoms. The molecular weight excluding hydrogens is 270 g/mol. The molecule has 0 aromatic carbocycles. The second-order valence-corrected chi connectivity index (χ2v) is 6.60. The van der Waals surface area contributed by atoms with Crippen LogP contribution in [0.2, 0.25) is 0 Å². The van der Waals surface area contributed by atoms with E-state index in [4.69, 9.17) is 9.47 Å². The van der Waals surface area contributed by atoms with Crippen LogP contribution in [0.15, 0.2) is 0 Å². The zero-order valence-electron chi connectivity index (χ0n) is 13.7. The van der Waals surface area contributed by atoms with Gasteiger partial charge in [-0.05, 0) is 40.5 Å². The Morgan fingerprint density at radius 1 is 1.19 bits per heavy atom. The first-order valence-corrected chi connectivity index (χ1v) is 7.96. The molecule has 5 heteroatoms. The van der Waals surface area contributed by atoms with E-state index in [1.165, 1.54) is 6.42 Å². The molecule has 0 heterocycles. The lowest BCUT2D eigenvalue weighted by molar-refractivity contribution is -0.161. The van der Waals surface area contributed by atoms with E-state index in [-0.39, 0.29) is 24.4 Å². The van der Waals surface area contributed by atoms with E-state index in [9.17, 15) is 9.59 Å². The minimum absolute atomic E-state index is 0.0270. The second-order valence-electron chi connectivity index (χ2n) is 6.60. The van der Waals surface area contributed by atoms with Crippen LogP contribution in [-0.2, 0) is 19.1 Å². The van der Waals surface area contributed by atoms with Gasteiger partial charge in [-0.2, -0.15) is 0 Å². The average Bonchev–Trinajstić information content (AvgIpc) is 2.37. The van der Waals surface area contributed by atoms with E-state index in [0.29, 0.717) is 6.61 Å². The molecule has 0 aromatic rings. The van der Waals surface area contributed by atoms with E-state index >= 15 is 0 Å². The molecule has 0 saturated heterocycles. The van der Waals surface area contributed by atoms with Gasteiger partial charge in [0.2, 0.25) is 0 Å². The van der Waals surface area contributed by atoms with E-state index in [1.807, 2.05) is 20.8 Å². The Kier molecular flexibility index (Phi) is 7.15. The van der Waals surface area contributed by atoms with Crippen molar-refractivity contribution in [3.05, 3.63) is 0 Å². The molecule has 122 valence electrons. The molecule has 1 saturated carbocycles. The minimum Gasteiger partial charge on any atom is -0.466 e. The summed E-state index contributed by atoms with van der Waals surface area (Å²) in [5, 5.41) is 3.29. The van der Waals surface area contributed by atoms with Crippen LogP contribution in [0, 0.1) is 0 Å². The minimum atomic E-state index is -0.619. The zero-order chi connectivity index (χ0) is 15.9. The van der Waals surface area contributed by atoms with Gasteiger partial charge >= 0.3 is 11.9 Å². The van der Waals surface area contributed by atoms with E-state index in [1.54, 1.807) is 6.92 Å². The lowest BCUT2D eigenvalue weighted by atomic mass is 9.94. The molecule has 1 aliphatic rings. The molecule has 0 radical (unpaired) electrons. The Labute approximate surface area is 127 Å². The SMILES string of the molecule is CCOC(=O)CC(NC1CCCCC1)C(=O)OC(C)(C)C. The number of esters is 2. The topological polar surface area (TPSA) is 64.6 Å². The van der Waals surface area contributed by atoms with Crippen molar-refractivity contribution in [1.82, 2.24) is 5.32 Å². The van der Waals surface area contributed by atoms with Gasteiger partial charge in [-0.25, -0.2) is 0 Å². The molecule has 0 amide bonds. The van der Waals surface area contributed by atoms with Crippen LogP contribution in [0.4, 0.5) is 0 Å². The molecule has 1 atom stereocenters. The molecule has 0 spiro atoms. The lowest BCUT2D eigenvalue weighted by Crippen LogP contribution is -2.47. The monoisotopic (exact) mass is 299 g/mol. The highest BCUT2D eigenvalue weighted by atomic mass is 16.6. The van der Waals surface area contributed by atoms with E-state index in [2.05, 4.69) is 5.32 Å². The molecule has 5 nitrogen and oxygen atoms in total. The molecule has 0 aliphatic heterocycles. The van der Waals surface area contributed by atoms with Crippen molar-refractivity contribution in [2.24, 2.45) is 0 Å². The van der Waals surface area contributed by atoms with Crippen LogP contribution in [0.3, 0.4) is 0 Å². The third-order valence-corrected chi connectivity index (χ3v) is 3.41. The van der Waals surface area contributed by atoms with Gasteiger partial charge in [0.15, 0.2) is 0 Å². The molecule has 1 unspecified atom stereocenters. The number of nitrogens with one attached hydrogen (secondary N) is 1. The van der Waals surface area contributed by atoms with Crippen LogP contribution in [0.1, 0.15) is 66.2 Å². The third kappa shape index (κ3) is 7.46. The number of carbonyl (C=O) groups excluding carboxylic acids is 2. The van der Waals surface area contributed by atoms with Crippen molar-refractivity contribution in [1.29, 1.82) is 0 Å². The van der Waals surface area contributed by atoms with Crippen LogP contribution >= 0.6 is 0 Å². The fraction of sp³-hybridized carbons (Fsp3) is 0.875. The van der Waals surface area contributed by atoms with E-state index in [0.717, 1.165) is 25.7 Å². The van der Waals surface area contributed by atoms with Crippen LogP contribution in [-0.4, -0.2) is 36.2 Å². The summed E-state index contributed by atoms with van der Waals surface area (Å²) >= 11 is 0. The predicted molar refractivity (Wildman–Crippen MR) is 80.9 cm³/mol. The maximum atomic E-state index is 12.3. The Bertz CT molecular complexity index is 343. The number of rotatable bonds is 6. The van der Waals surface area contributed by atoms with Crippen LogP contribution in [0.25, 0.3) is 0 Å². The van der Waals surface area contributed by atoms with Gasteiger partial charge in [0.05, 0.1) is 13.0 Å². The van der Waals surface area contributed by atoms with Crippen LogP contribution in [0.5, 0.6) is 0 Å². The molecule has 1 rings (SSSR count). The zero-order valence-corrected chi connectivity index (χ0v) is 13.7. The van der Waals surface area contributed by atoms with Gasteiger partial charge in [0.1, 0.15) is 11.6 Å². The molecule has 1 N–H and O–H groups in total. The first-order valence-electron chi connectivity index (χ1n) is 7.96. The van der Waals surface area contributed by atoms with Gasteiger partial charge in [-0.1, -0.05) is 19.3 Å². The largest absolute Gasteiger partial charge is 0.466 e. The predicted octanol–water partition coefficient (Wildman–Crippen LogP) is 2.57. The van der Waals surface area contributed by atoms with Crippen molar-refractivity contribution in [3.8, 4) is 0 Å². The quantitative estimate of drug-likeness (QED) is 0.764. The molecular formula is C16H29NO4. The summed E-state index contributed by atoms with van der Waals surface area (Å²) in [7, 11) is 0.